The molecule has 4 aromatic rings. The van der Waals surface area contributed by atoms with E-state index in [4.69, 9.17) is 9.47 Å². The lowest BCUT2D eigenvalue weighted by atomic mass is 10.00. The van der Waals surface area contributed by atoms with E-state index in [0.717, 1.165) is 33.3 Å². The molecule has 0 unspecified atom stereocenters. The van der Waals surface area contributed by atoms with E-state index in [1.165, 1.54) is 12.6 Å². The highest BCUT2D eigenvalue weighted by Crippen LogP contribution is 2.35. The Morgan fingerprint density at radius 2 is 1.37 bits per heavy atom. The number of sulfone groups is 1. The summed E-state index contributed by atoms with van der Waals surface area (Å²) < 4.78 is 34.2. The van der Waals surface area contributed by atoms with E-state index in [9.17, 15) is 8.42 Å². The highest BCUT2D eigenvalue weighted by Gasteiger charge is 2.12. The van der Waals surface area contributed by atoms with Gasteiger partial charge in [-0.25, -0.2) is 18.4 Å². The second-order valence-electron chi connectivity index (χ2n) is 6.82. The average molecular weight is 420 g/mol. The van der Waals surface area contributed by atoms with Crippen LogP contribution in [-0.4, -0.2) is 38.9 Å². The van der Waals surface area contributed by atoms with Crippen LogP contribution in [0.5, 0.6) is 11.5 Å². The summed E-state index contributed by atoms with van der Waals surface area (Å²) in [5, 5.41) is 0.872. The van der Waals surface area contributed by atoms with Crippen molar-refractivity contribution in [2.45, 2.75) is 4.90 Å². The molecule has 7 heteroatoms. The maximum atomic E-state index is 11.7. The second kappa shape index (κ2) is 7.76. The average Bonchev–Trinajstić information content (AvgIpc) is 2.77. The highest BCUT2D eigenvalue weighted by atomic mass is 32.2. The number of rotatable bonds is 5. The summed E-state index contributed by atoms with van der Waals surface area (Å²) >= 11 is 0. The van der Waals surface area contributed by atoms with Gasteiger partial charge >= 0.3 is 0 Å². The van der Waals surface area contributed by atoms with Gasteiger partial charge in [-0.3, -0.25) is 0 Å². The molecule has 0 amide bonds. The normalized spacial score (nSPS) is 11.4. The molecule has 0 bridgehead atoms. The molecule has 0 aliphatic carbocycles. The number of fused-ring (bicyclic) bond motifs is 1. The zero-order chi connectivity index (χ0) is 21.3. The summed E-state index contributed by atoms with van der Waals surface area (Å²) in [5.41, 5.74) is 4.31. The molecule has 0 saturated heterocycles. The number of aromatic nitrogens is 2. The summed E-state index contributed by atoms with van der Waals surface area (Å²) in [4.78, 5) is 9.10. The van der Waals surface area contributed by atoms with Gasteiger partial charge in [0.15, 0.2) is 21.3 Å². The van der Waals surface area contributed by atoms with Crippen LogP contribution in [0.2, 0.25) is 0 Å². The van der Waals surface area contributed by atoms with Gasteiger partial charge in [0.05, 0.1) is 30.3 Å². The van der Waals surface area contributed by atoms with Crippen molar-refractivity contribution in [3.8, 4) is 33.9 Å². The van der Waals surface area contributed by atoms with Gasteiger partial charge in [-0.2, -0.15) is 0 Å². The smallest absolute Gasteiger partial charge is 0.175 e. The Balaban J connectivity index is 1.84. The quantitative estimate of drug-likeness (QED) is 0.477. The molecule has 0 aliphatic heterocycles. The van der Waals surface area contributed by atoms with Crippen LogP contribution in [0, 0.1) is 0 Å². The predicted octanol–water partition coefficient (Wildman–Crippen LogP) is 4.38. The van der Waals surface area contributed by atoms with Crippen molar-refractivity contribution in [3.05, 3.63) is 67.0 Å². The van der Waals surface area contributed by atoms with Gasteiger partial charge < -0.3 is 9.47 Å². The van der Waals surface area contributed by atoms with Crippen LogP contribution in [-0.2, 0) is 9.84 Å². The number of nitrogens with zero attached hydrogens (tertiary/aromatic N) is 2. The highest BCUT2D eigenvalue weighted by molar-refractivity contribution is 7.90. The summed E-state index contributed by atoms with van der Waals surface area (Å²) in [6.07, 6.45) is 2.70. The van der Waals surface area contributed by atoms with Gasteiger partial charge in [-0.15, -0.1) is 0 Å². The van der Waals surface area contributed by atoms with E-state index in [1.807, 2.05) is 36.4 Å². The van der Waals surface area contributed by atoms with E-state index in [-0.39, 0.29) is 4.90 Å². The zero-order valence-corrected chi connectivity index (χ0v) is 17.6. The third kappa shape index (κ3) is 3.71. The van der Waals surface area contributed by atoms with Crippen molar-refractivity contribution in [1.82, 2.24) is 9.97 Å². The third-order valence-electron chi connectivity index (χ3n) is 4.91. The van der Waals surface area contributed by atoms with Crippen molar-refractivity contribution in [1.29, 1.82) is 0 Å². The molecule has 30 heavy (non-hydrogen) atoms. The first-order chi connectivity index (χ1) is 14.4. The van der Waals surface area contributed by atoms with E-state index in [2.05, 4.69) is 9.97 Å². The topological polar surface area (TPSA) is 78.4 Å². The van der Waals surface area contributed by atoms with Crippen LogP contribution in [0.3, 0.4) is 0 Å². The lowest BCUT2D eigenvalue weighted by Gasteiger charge is -2.11. The lowest BCUT2D eigenvalue weighted by molar-refractivity contribution is 0.355. The van der Waals surface area contributed by atoms with Crippen molar-refractivity contribution in [3.63, 3.8) is 0 Å². The van der Waals surface area contributed by atoms with Crippen molar-refractivity contribution in [2.24, 2.45) is 0 Å². The predicted molar refractivity (Wildman–Crippen MR) is 117 cm³/mol. The van der Waals surface area contributed by atoms with Gasteiger partial charge in [0.25, 0.3) is 0 Å². The molecule has 0 radical (unpaired) electrons. The van der Waals surface area contributed by atoms with Crippen LogP contribution in [0.25, 0.3) is 33.3 Å². The SMILES string of the molecule is COc1ccc(-c2ccc3ncnc(-c4ccc(S(C)(=O)=O)cc4)c3c2)cc1OC. The second-order valence-corrected chi connectivity index (χ2v) is 8.84. The fraction of sp³-hybridized carbons (Fsp3) is 0.130. The Labute approximate surface area is 175 Å². The largest absolute Gasteiger partial charge is 0.493 e. The molecule has 0 N–H and O–H groups in total. The molecule has 152 valence electrons. The van der Waals surface area contributed by atoms with Crippen LogP contribution >= 0.6 is 0 Å². The number of benzene rings is 3. The fourth-order valence-corrected chi connectivity index (χ4v) is 3.97. The van der Waals surface area contributed by atoms with Crippen LogP contribution in [0.15, 0.2) is 71.9 Å². The Hall–Kier alpha value is -3.45. The van der Waals surface area contributed by atoms with Gasteiger partial charge in [0.1, 0.15) is 6.33 Å². The van der Waals surface area contributed by atoms with Crippen LogP contribution in [0.4, 0.5) is 0 Å². The molecule has 6 nitrogen and oxygen atoms in total. The number of hydrogen-bond donors (Lipinski definition) is 0. The van der Waals surface area contributed by atoms with Crippen LogP contribution in [0.1, 0.15) is 0 Å². The Bertz CT molecular complexity index is 1330. The van der Waals surface area contributed by atoms with Crippen LogP contribution < -0.4 is 9.47 Å². The first-order valence-electron chi connectivity index (χ1n) is 9.18. The molecular weight excluding hydrogens is 400 g/mol. The molecule has 0 atom stereocenters. The minimum Gasteiger partial charge on any atom is -0.493 e. The molecule has 0 fully saturated rings. The Kier molecular flexibility index (Phi) is 5.13. The molecular formula is C23H20N2O4S. The van der Waals surface area contributed by atoms with E-state index in [0.29, 0.717) is 11.5 Å². The Morgan fingerprint density at radius 3 is 2.03 bits per heavy atom. The lowest BCUT2D eigenvalue weighted by Crippen LogP contribution is -1.97. The van der Waals surface area contributed by atoms with E-state index in [1.54, 1.807) is 38.5 Å². The third-order valence-corrected chi connectivity index (χ3v) is 6.04. The molecule has 0 saturated carbocycles. The van der Waals surface area contributed by atoms with Crippen molar-refractivity contribution >= 4 is 20.7 Å². The van der Waals surface area contributed by atoms with Gasteiger partial charge in [-0.05, 0) is 47.5 Å². The first-order valence-corrected chi connectivity index (χ1v) is 11.1. The molecule has 0 spiro atoms. The Morgan fingerprint density at radius 1 is 0.733 bits per heavy atom. The minimum absolute atomic E-state index is 0.274. The summed E-state index contributed by atoms with van der Waals surface area (Å²) in [7, 11) is -0.0456. The van der Waals surface area contributed by atoms with Crippen molar-refractivity contribution < 1.29 is 17.9 Å². The zero-order valence-electron chi connectivity index (χ0n) is 16.8. The number of hydrogen-bond acceptors (Lipinski definition) is 6. The molecule has 1 heterocycles. The molecule has 4 rings (SSSR count). The maximum absolute atomic E-state index is 11.7. The first kappa shape index (κ1) is 19.8. The van der Waals surface area contributed by atoms with Crippen molar-refractivity contribution in [2.75, 3.05) is 20.5 Å². The van der Waals surface area contributed by atoms with Gasteiger partial charge in [0, 0.05) is 17.2 Å². The van der Waals surface area contributed by atoms with Gasteiger partial charge in [0.2, 0.25) is 0 Å². The van der Waals surface area contributed by atoms with E-state index < -0.39 is 9.84 Å². The maximum Gasteiger partial charge on any atom is 0.175 e. The molecule has 3 aromatic carbocycles. The molecule has 0 aliphatic rings. The summed E-state index contributed by atoms with van der Waals surface area (Å²) in [6, 6.07) is 18.4. The minimum atomic E-state index is -3.25. The number of ether oxygens (including phenoxy) is 2. The number of methoxy groups -OCH3 is 2. The standard InChI is InChI=1S/C23H20N2O4S/c1-28-21-11-7-17(13-22(21)29-2)16-6-10-20-19(12-16)23(25-14-24-20)15-4-8-18(9-5-15)30(3,26)27/h4-14H,1-3H3. The van der Waals surface area contributed by atoms with E-state index >= 15 is 0 Å². The molecule has 1 aromatic heterocycles. The van der Waals surface area contributed by atoms with Gasteiger partial charge in [-0.1, -0.05) is 24.3 Å². The monoisotopic (exact) mass is 420 g/mol. The summed E-state index contributed by atoms with van der Waals surface area (Å²) in [6.45, 7) is 0. The fourth-order valence-electron chi connectivity index (χ4n) is 3.34. The summed E-state index contributed by atoms with van der Waals surface area (Å²) in [5.74, 6) is 1.31.